The Morgan fingerprint density at radius 2 is 2.14 bits per heavy atom. The molecule has 0 aromatic carbocycles. The van der Waals surface area contributed by atoms with Crippen molar-refractivity contribution in [2.24, 2.45) is 13.0 Å². The van der Waals surface area contributed by atoms with Crippen LogP contribution in [0.3, 0.4) is 0 Å². The molecule has 0 unspecified atom stereocenters. The highest BCUT2D eigenvalue weighted by atomic mass is 32.2. The van der Waals surface area contributed by atoms with Crippen LogP contribution in [0.5, 0.6) is 0 Å². The quantitative estimate of drug-likeness (QED) is 0.828. The number of hydrogen-bond donors (Lipinski definition) is 0. The molecule has 0 aliphatic carbocycles. The minimum atomic E-state index is -3.08. The van der Waals surface area contributed by atoms with Crippen LogP contribution in [0.15, 0.2) is 24.7 Å². The topological polar surface area (TPSA) is 81.0 Å². The summed E-state index contributed by atoms with van der Waals surface area (Å²) in [6.07, 6.45) is 8.13. The van der Waals surface area contributed by atoms with Gasteiger partial charge in [0.1, 0.15) is 5.69 Å². The van der Waals surface area contributed by atoms with Crippen LogP contribution in [0.4, 0.5) is 0 Å². The maximum atomic E-state index is 11.5. The van der Waals surface area contributed by atoms with Gasteiger partial charge in [0.2, 0.25) is 10.0 Å². The maximum absolute atomic E-state index is 11.5. The molecule has 3 rings (SSSR count). The van der Waals surface area contributed by atoms with Crippen molar-refractivity contribution in [2.45, 2.75) is 12.8 Å². The van der Waals surface area contributed by atoms with Crippen LogP contribution >= 0.6 is 0 Å². The molecule has 1 saturated heterocycles. The van der Waals surface area contributed by atoms with Crippen molar-refractivity contribution in [1.29, 1.82) is 0 Å². The lowest BCUT2D eigenvalue weighted by Crippen LogP contribution is -2.27. The van der Waals surface area contributed by atoms with Gasteiger partial charge in [-0.1, -0.05) is 0 Å². The molecule has 0 N–H and O–H groups in total. The number of aromatic nitrogens is 4. The lowest BCUT2D eigenvalue weighted by molar-refractivity contribution is 0.459. The zero-order valence-electron chi connectivity index (χ0n) is 12.7. The molecule has 8 heteroatoms. The van der Waals surface area contributed by atoms with Crippen molar-refractivity contribution >= 4 is 10.0 Å². The highest BCUT2D eigenvalue weighted by Gasteiger charge is 2.28. The lowest BCUT2D eigenvalue weighted by atomic mass is 10.0. The predicted octanol–water partition coefficient (Wildman–Crippen LogP) is 0.701. The first-order valence-corrected chi connectivity index (χ1v) is 9.03. The fourth-order valence-electron chi connectivity index (χ4n) is 2.78. The molecule has 2 aromatic heterocycles. The summed E-state index contributed by atoms with van der Waals surface area (Å²) >= 11 is 0. The normalized spacial score (nSPS) is 19.6. The summed E-state index contributed by atoms with van der Waals surface area (Å²) in [4.78, 5) is 8.89. The SMILES string of the molecule is Cn1nccc1-c1cnc(C[C@@H]2CCN(S(C)(=O)=O)C2)cn1. The summed E-state index contributed by atoms with van der Waals surface area (Å²) in [5.41, 5.74) is 2.60. The first kappa shape index (κ1) is 15.1. The molecule has 3 heterocycles. The smallest absolute Gasteiger partial charge is 0.211 e. The molecule has 0 bridgehead atoms. The Morgan fingerprint density at radius 3 is 2.68 bits per heavy atom. The first-order chi connectivity index (χ1) is 10.4. The van der Waals surface area contributed by atoms with E-state index in [0.717, 1.165) is 29.9 Å². The summed E-state index contributed by atoms with van der Waals surface area (Å²) in [6.45, 7) is 1.17. The minimum absolute atomic E-state index is 0.312. The van der Waals surface area contributed by atoms with E-state index in [2.05, 4.69) is 15.1 Å². The van der Waals surface area contributed by atoms with Gasteiger partial charge in [-0.3, -0.25) is 14.6 Å². The third-order valence-corrected chi connectivity index (χ3v) is 5.27. The van der Waals surface area contributed by atoms with Gasteiger partial charge < -0.3 is 0 Å². The summed E-state index contributed by atoms with van der Waals surface area (Å²) < 4.78 is 26.3. The van der Waals surface area contributed by atoms with E-state index in [1.165, 1.54) is 10.6 Å². The van der Waals surface area contributed by atoms with E-state index in [1.807, 2.05) is 13.1 Å². The second-order valence-electron chi connectivity index (χ2n) is 5.71. The van der Waals surface area contributed by atoms with Gasteiger partial charge in [0.15, 0.2) is 0 Å². The van der Waals surface area contributed by atoms with Crippen LogP contribution < -0.4 is 0 Å². The number of nitrogens with zero attached hydrogens (tertiary/aromatic N) is 5. The summed E-state index contributed by atoms with van der Waals surface area (Å²) in [5, 5.41) is 4.12. The highest BCUT2D eigenvalue weighted by molar-refractivity contribution is 7.88. The second-order valence-corrected chi connectivity index (χ2v) is 7.70. The van der Waals surface area contributed by atoms with Gasteiger partial charge in [-0.15, -0.1) is 0 Å². The van der Waals surface area contributed by atoms with Gasteiger partial charge in [0, 0.05) is 32.5 Å². The van der Waals surface area contributed by atoms with Crippen LogP contribution in [-0.4, -0.2) is 51.8 Å². The lowest BCUT2D eigenvalue weighted by Gasteiger charge is -2.13. The van der Waals surface area contributed by atoms with Gasteiger partial charge in [-0.2, -0.15) is 5.10 Å². The Bertz CT molecular complexity index is 754. The number of rotatable bonds is 4. The largest absolute Gasteiger partial charge is 0.266 e. The van der Waals surface area contributed by atoms with E-state index in [9.17, 15) is 8.42 Å². The zero-order chi connectivity index (χ0) is 15.7. The summed E-state index contributed by atoms with van der Waals surface area (Å²) in [7, 11) is -1.22. The molecule has 2 aromatic rings. The van der Waals surface area contributed by atoms with Crippen LogP contribution in [0.25, 0.3) is 11.4 Å². The molecule has 1 atom stereocenters. The first-order valence-electron chi connectivity index (χ1n) is 7.18. The van der Waals surface area contributed by atoms with Crippen molar-refractivity contribution in [3.63, 3.8) is 0 Å². The molecule has 0 spiro atoms. The molecule has 7 nitrogen and oxygen atoms in total. The number of sulfonamides is 1. The molecule has 0 amide bonds. The second kappa shape index (κ2) is 5.77. The molecular weight excluding hydrogens is 302 g/mol. The van der Waals surface area contributed by atoms with E-state index >= 15 is 0 Å². The number of aryl methyl sites for hydroxylation is 1. The third kappa shape index (κ3) is 3.17. The Kier molecular flexibility index (Phi) is 3.96. The molecule has 1 aliphatic rings. The van der Waals surface area contributed by atoms with E-state index in [0.29, 0.717) is 19.0 Å². The van der Waals surface area contributed by atoms with E-state index in [-0.39, 0.29) is 0 Å². The average Bonchev–Trinajstić information content (AvgIpc) is 3.08. The van der Waals surface area contributed by atoms with Crippen molar-refractivity contribution < 1.29 is 8.42 Å². The maximum Gasteiger partial charge on any atom is 0.211 e. The Hall–Kier alpha value is -1.80. The Labute approximate surface area is 130 Å². The van der Waals surface area contributed by atoms with Crippen molar-refractivity contribution in [2.75, 3.05) is 19.3 Å². The number of hydrogen-bond acceptors (Lipinski definition) is 5. The van der Waals surface area contributed by atoms with Crippen LogP contribution in [-0.2, 0) is 23.5 Å². The molecule has 118 valence electrons. The average molecular weight is 321 g/mol. The Morgan fingerprint density at radius 1 is 1.32 bits per heavy atom. The van der Waals surface area contributed by atoms with Crippen molar-refractivity contribution in [3.05, 3.63) is 30.4 Å². The van der Waals surface area contributed by atoms with Gasteiger partial charge in [-0.05, 0) is 24.8 Å². The third-order valence-electron chi connectivity index (χ3n) is 4.00. The summed E-state index contributed by atoms with van der Waals surface area (Å²) in [5.74, 6) is 0.312. The monoisotopic (exact) mass is 321 g/mol. The Balaban J connectivity index is 1.66. The van der Waals surface area contributed by atoms with Crippen LogP contribution in [0, 0.1) is 5.92 Å². The molecule has 0 radical (unpaired) electrons. The highest BCUT2D eigenvalue weighted by Crippen LogP contribution is 2.22. The molecular formula is C14H19N5O2S. The fraction of sp³-hybridized carbons (Fsp3) is 0.500. The van der Waals surface area contributed by atoms with Crippen LogP contribution in [0.1, 0.15) is 12.1 Å². The van der Waals surface area contributed by atoms with E-state index in [1.54, 1.807) is 23.3 Å². The van der Waals surface area contributed by atoms with Gasteiger partial charge >= 0.3 is 0 Å². The van der Waals surface area contributed by atoms with Crippen molar-refractivity contribution in [1.82, 2.24) is 24.1 Å². The van der Waals surface area contributed by atoms with Gasteiger partial charge in [-0.25, -0.2) is 12.7 Å². The predicted molar refractivity (Wildman–Crippen MR) is 82.5 cm³/mol. The summed E-state index contributed by atoms with van der Waals surface area (Å²) in [6, 6.07) is 1.89. The molecule has 22 heavy (non-hydrogen) atoms. The standard InChI is InChI=1S/C14H19N5O2S/c1-18-14(3-5-17-18)13-9-15-12(8-16-13)7-11-4-6-19(10-11)22(2,20)21/h3,5,8-9,11H,4,6-7,10H2,1-2H3/t11-/m0/s1. The molecule has 1 fully saturated rings. The van der Waals surface area contributed by atoms with Crippen LogP contribution in [0.2, 0.25) is 0 Å². The fourth-order valence-corrected chi connectivity index (χ4v) is 3.70. The molecule has 1 aliphatic heterocycles. The van der Waals surface area contributed by atoms with E-state index < -0.39 is 10.0 Å². The van der Waals surface area contributed by atoms with E-state index in [4.69, 9.17) is 0 Å². The van der Waals surface area contributed by atoms with Crippen molar-refractivity contribution in [3.8, 4) is 11.4 Å². The van der Waals surface area contributed by atoms with Gasteiger partial charge in [0.05, 0.1) is 23.8 Å². The van der Waals surface area contributed by atoms with Gasteiger partial charge in [0.25, 0.3) is 0 Å². The molecule has 0 saturated carbocycles. The zero-order valence-corrected chi connectivity index (χ0v) is 13.5. The minimum Gasteiger partial charge on any atom is -0.266 e.